The van der Waals surface area contributed by atoms with Gasteiger partial charge < -0.3 is 10.5 Å². The molecule has 3 nitrogen and oxygen atoms in total. The number of ether oxygens (including phenoxy) is 1. The summed E-state index contributed by atoms with van der Waals surface area (Å²) in [5.41, 5.74) is 8.53. The molecule has 0 saturated carbocycles. The Morgan fingerprint density at radius 2 is 1.70 bits per heavy atom. The fourth-order valence-corrected chi connectivity index (χ4v) is 2.43. The van der Waals surface area contributed by atoms with E-state index in [1.54, 1.807) is 11.8 Å². The van der Waals surface area contributed by atoms with E-state index in [2.05, 4.69) is 0 Å². The van der Waals surface area contributed by atoms with Crippen LogP contribution in [-0.4, -0.2) is 11.7 Å². The molecule has 2 N–H and O–H groups in total. The van der Waals surface area contributed by atoms with Gasteiger partial charge in [-0.15, -0.1) is 11.8 Å². The first-order valence-electron chi connectivity index (χ1n) is 6.36. The van der Waals surface area contributed by atoms with Gasteiger partial charge in [0.2, 0.25) is 0 Å². The van der Waals surface area contributed by atoms with Crippen molar-refractivity contribution >= 4 is 23.4 Å². The van der Waals surface area contributed by atoms with Gasteiger partial charge in [-0.25, -0.2) is 0 Å². The number of thioether (sulfide) groups is 1. The summed E-state index contributed by atoms with van der Waals surface area (Å²) in [5, 5.41) is 0. The van der Waals surface area contributed by atoms with E-state index in [1.165, 1.54) is 0 Å². The molecule has 0 aromatic heterocycles. The minimum Gasteiger partial charge on any atom is -0.460 e. The van der Waals surface area contributed by atoms with Crippen LogP contribution in [0, 0.1) is 0 Å². The van der Waals surface area contributed by atoms with Gasteiger partial charge in [0, 0.05) is 11.4 Å². The van der Waals surface area contributed by atoms with Crippen LogP contribution in [0.4, 0.5) is 5.69 Å². The van der Waals surface area contributed by atoms with Crippen LogP contribution in [0.2, 0.25) is 0 Å². The lowest BCUT2D eigenvalue weighted by molar-refractivity contribution is -0.141. The summed E-state index contributed by atoms with van der Waals surface area (Å²) in [6, 6.07) is 17.3. The molecule has 0 bridgehead atoms. The molecule has 2 aromatic carbocycles. The van der Waals surface area contributed by atoms with Crippen molar-refractivity contribution in [1.29, 1.82) is 0 Å². The summed E-state index contributed by atoms with van der Waals surface area (Å²) in [5.74, 6) is 0.951. The average molecular weight is 287 g/mol. The van der Waals surface area contributed by atoms with Gasteiger partial charge in [0.05, 0.1) is 5.75 Å². The molecule has 0 saturated heterocycles. The van der Waals surface area contributed by atoms with Crippen molar-refractivity contribution in [3.63, 3.8) is 0 Å². The normalized spacial score (nSPS) is 10.2. The van der Waals surface area contributed by atoms with Crippen molar-refractivity contribution < 1.29 is 9.53 Å². The molecule has 0 spiro atoms. The molecule has 0 radical (unpaired) electrons. The van der Waals surface area contributed by atoms with Gasteiger partial charge in [-0.1, -0.05) is 42.5 Å². The fourth-order valence-electron chi connectivity index (χ4n) is 1.65. The highest BCUT2D eigenvalue weighted by Gasteiger charge is 2.04. The van der Waals surface area contributed by atoms with Crippen LogP contribution in [0.25, 0.3) is 0 Å². The number of carbonyl (C=O) groups excluding carboxylic acids is 1. The van der Waals surface area contributed by atoms with Gasteiger partial charge in [-0.05, 0) is 23.3 Å². The van der Waals surface area contributed by atoms with E-state index < -0.39 is 0 Å². The van der Waals surface area contributed by atoms with Crippen molar-refractivity contribution in [3.8, 4) is 0 Å². The molecule has 0 aliphatic rings. The zero-order chi connectivity index (χ0) is 14.2. The third kappa shape index (κ3) is 4.97. The van der Waals surface area contributed by atoms with Crippen molar-refractivity contribution in [2.75, 3.05) is 11.5 Å². The van der Waals surface area contributed by atoms with Crippen LogP contribution in [0.1, 0.15) is 11.1 Å². The number of nitrogens with two attached hydrogens (primary N) is 1. The predicted octanol–water partition coefficient (Wildman–Crippen LogP) is 3.25. The van der Waals surface area contributed by atoms with Crippen LogP contribution in [0.5, 0.6) is 0 Å². The fraction of sp³-hybridized carbons (Fsp3) is 0.188. The molecule has 0 atom stereocenters. The lowest BCUT2D eigenvalue weighted by Crippen LogP contribution is -2.07. The van der Waals surface area contributed by atoms with E-state index in [0.717, 1.165) is 22.6 Å². The summed E-state index contributed by atoms with van der Waals surface area (Å²) in [6.07, 6.45) is 0. The van der Waals surface area contributed by atoms with Gasteiger partial charge >= 0.3 is 5.97 Å². The van der Waals surface area contributed by atoms with Gasteiger partial charge in [0.15, 0.2) is 0 Å². The number of anilines is 1. The molecule has 0 aliphatic carbocycles. The number of benzene rings is 2. The Hall–Kier alpha value is -1.94. The Morgan fingerprint density at radius 3 is 2.40 bits per heavy atom. The largest absolute Gasteiger partial charge is 0.460 e. The Balaban J connectivity index is 1.66. The summed E-state index contributed by atoms with van der Waals surface area (Å²) in [7, 11) is 0. The third-order valence-corrected chi connectivity index (χ3v) is 3.69. The molecule has 4 heteroatoms. The van der Waals surface area contributed by atoms with Gasteiger partial charge in [-0.3, -0.25) is 4.79 Å². The molecule has 104 valence electrons. The Labute approximate surface area is 123 Å². The van der Waals surface area contributed by atoms with Crippen LogP contribution in [0.3, 0.4) is 0 Å². The number of carbonyl (C=O) groups is 1. The molecule has 0 fully saturated rings. The maximum atomic E-state index is 11.6. The number of hydrogen-bond donors (Lipinski definition) is 1. The van der Waals surface area contributed by atoms with Gasteiger partial charge in [0.1, 0.15) is 6.61 Å². The minimum absolute atomic E-state index is 0.186. The molecule has 0 heterocycles. The lowest BCUT2D eigenvalue weighted by atomic mass is 10.2. The Bertz CT molecular complexity index is 540. The van der Waals surface area contributed by atoms with E-state index in [4.69, 9.17) is 10.5 Å². The molecule has 0 aliphatic heterocycles. The first-order chi connectivity index (χ1) is 9.74. The highest BCUT2D eigenvalue weighted by molar-refractivity contribution is 7.99. The molecule has 20 heavy (non-hydrogen) atoms. The quantitative estimate of drug-likeness (QED) is 0.654. The lowest BCUT2D eigenvalue weighted by Gasteiger charge is -2.05. The van der Waals surface area contributed by atoms with Crippen molar-refractivity contribution in [2.45, 2.75) is 12.4 Å². The molecule has 0 amide bonds. The van der Waals surface area contributed by atoms with Crippen molar-refractivity contribution in [2.24, 2.45) is 0 Å². The third-order valence-electron chi connectivity index (χ3n) is 2.71. The van der Waals surface area contributed by atoms with Crippen LogP contribution in [-0.2, 0) is 21.9 Å². The highest BCUT2D eigenvalue weighted by Crippen LogP contribution is 2.14. The maximum Gasteiger partial charge on any atom is 0.316 e. The Kier molecular flexibility index (Phi) is 5.50. The smallest absolute Gasteiger partial charge is 0.316 e. The molecule has 0 unspecified atom stereocenters. The monoisotopic (exact) mass is 287 g/mol. The van der Waals surface area contributed by atoms with Gasteiger partial charge in [0.25, 0.3) is 0 Å². The Morgan fingerprint density at radius 1 is 1.00 bits per heavy atom. The number of nitrogen functional groups attached to an aromatic ring is 1. The molecule has 2 rings (SSSR count). The summed E-state index contributed by atoms with van der Waals surface area (Å²) in [6.45, 7) is 0.335. The van der Waals surface area contributed by atoms with E-state index in [-0.39, 0.29) is 5.97 Å². The standard InChI is InChI=1S/C16H17NO2S/c17-15-8-6-14(7-9-15)11-20-12-16(18)19-10-13-4-2-1-3-5-13/h1-9H,10-12,17H2. The number of esters is 1. The van der Waals surface area contributed by atoms with E-state index in [1.807, 2.05) is 54.6 Å². The molecular weight excluding hydrogens is 270 g/mol. The van der Waals surface area contributed by atoms with Crippen LogP contribution < -0.4 is 5.73 Å². The van der Waals surface area contributed by atoms with Crippen molar-refractivity contribution in [3.05, 3.63) is 65.7 Å². The highest BCUT2D eigenvalue weighted by atomic mass is 32.2. The number of hydrogen-bond acceptors (Lipinski definition) is 4. The zero-order valence-corrected chi connectivity index (χ0v) is 11.9. The van der Waals surface area contributed by atoms with Crippen LogP contribution in [0.15, 0.2) is 54.6 Å². The van der Waals surface area contributed by atoms with Crippen molar-refractivity contribution in [1.82, 2.24) is 0 Å². The second-order valence-electron chi connectivity index (χ2n) is 4.38. The van der Waals surface area contributed by atoms with Crippen LogP contribution >= 0.6 is 11.8 Å². The van der Waals surface area contributed by atoms with E-state index in [9.17, 15) is 4.79 Å². The second-order valence-corrected chi connectivity index (χ2v) is 5.37. The first kappa shape index (κ1) is 14.5. The molecular formula is C16H17NO2S. The number of rotatable bonds is 6. The summed E-state index contributed by atoms with van der Waals surface area (Å²) < 4.78 is 5.21. The topological polar surface area (TPSA) is 52.3 Å². The average Bonchev–Trinajstić information content (AvgIpc) is 2.48. The van der Waals surface area contributed by atoms with Gasteiger partial charge in [-0.2, -0.15) is 0 Å². The summed E-state index contributed by atoms with van der Waals surface area (Å²) >= 11 is 1.54. The SMILES string of the molecule is Nc1ccc(CSCC(=O)OCc2ccccc2)cc1. The first-order valence-corrected chi connectivity index (χ1v) is 7.51. The maximum absolute atomic E-state index is 11.6. The molecule has 2 aromatic rings. The second kappa shape index (κ2) is 7.60. The predicted molar refractivity (Wildman–Crippen MR) is 83.3 cm³/mol. The minimum atomic E-state index is -0.186. The zero-order valence-electron chi connectivity index (χ0n) is 11.1. The van der Waals surface area contributed by atoms with E-state index >= 15 is 0 Å². The summed E-state index contributed by atoms with van der Waals surface area (Å²) in [4.78, 5) is 11.6. The van der Waals surface area contributed by atoms with E-state index in [0.29, 0.717) is 12.4 Å².